The number of pyridine rings is 1. The molecule has 1 aromatic heterocycles. The molecule has 0 amide bonds. The Morgan fingerprint density at radius 1 is 1.11 bits per heavy atom. The lowest BCUT2D eigenvalue weighted by Crippen LogP contribution is -2.27. The molecule has 2 rings (SSSR count). The van der Waals surface area contributed by atoms with Crippen molar-refractivity contribution < 1.29 is 13.2 Å². The van der Waals surface area contributed by atoms with Crippen LogP contribution in [0.2, 0.25) is 0 Å². The fraction of sp³-hybridized carbons (Fsp3) is 0.615. The van der Waals surface area contributed by atoms with Gasteiger partial charge in [-0.1, -0.05) is 26.2 Å². The minimum atomic E-state index is -1.26. The summed E-state index contributed by atoms with van der Waals surface area (Å²) >= 11 is 0. The molecule has 2 atom stereocenters. The van der Waals surface area contributed by atoms with Gasteiger partial charge in [0.25, 0.3) is 5.95 Å². The summed E-state index contributed by atoms with van der Waals surface area (Å²) in [5, 5.41) is 2.91. The molecular formula is C13H17F3N2. The number of anilines is 1. The van der Waals surface area contributed by atoms with Crippen LogP contribution < -0.4 is 5.32 Å². The number of rotatable bonds is 2. The summed E-state index contributed by atoms with van der Waals surface area (Å²) in [5.74, 6) is -3.17. The van der Waals surface area contributed by atoms with Crippen molar-refractivity contribution in [1.29, 1.82) is 0 Å². The maximum absolute atomic E-state index is 13.5. The zero-order valence-corrected chi connectivity index (χ0v) is 10.3. The van der Waals surface area contributed by atoms with E-state index in [9.17, 15) is 13.2 Å². The molecule has 0 aromatic carbocycles. The van der Waals surface area contributed by atoms with Gasteiger partial charge in [-0.05, 0) is 18.8 Å². The summed E-state index contributed by atoms with van der Waals surface area (Å²) in [7, 11) is 0. The molecule has 0 bridgehead atoms. The molecule has 1 fully saturated rings. The average Bonchev–Trinajstić information content (AvgIpc) is 2.52. The van der Waals surface area contributed by atoms with E-state index >= 15 is 0 Å². The second-order valence-electron chi connectivity index (χ2n) is 4.96. The molecule has 1 N–H and O–H groups in total. The molecule has 0 spiro atoms. The fourth-order valence-corrected chi connectivity index (χ4v) is 2.43. The molecule has 5 heteroatoms. The Balaban J connectivity index is 2.14. The van der Waals surface area contributed by atoms with Crippen molar-refractivity contribution in [2.75, 3.05) is 5.32 Å². The van der Waals surface area contributed by atoms with Crippen LogP contribution in [0.3, 0.4) is 0 Å². The van der Waals surface area contributed by atoms with Gasteiger partial charge < -0.3 is 5.32 Å². The lowest BCUT2D eigenvalue weighted by Gasteiger charge is -2.23. The SMILES string of the molecule is CC1CCCCCC1Nc1nc(F)c(F)cc1F. The van der Waals surface area contributed by atoms with Crippen molar-refractivity contribution >= 4 is 5.82 Å². The topological polar surface area (TPSA) is 24.9 Å². The van der Waals surface area contributed by atoms with Crippen molar-refractivity contribution in [3.8, 4) is 0 Å². The van der Waals surface area contributed by atoms with E-state index in [0.29, 0.717) is 12.0 Å². The van der Waals surface area contributed by atoms with Gasteiger partial charge in [0.1, 0.15) is 0 Å². The van der Waals surface area contributed by atoms with Crippen molar-refractivity contribution in [2.45, 2.75) is 45.1 Å². The molecule has 2 unspecified atom stereocenters. The number of halogens is 3. The Morgan fingerprint density at radius 3 is 2.61 bits per heavy atom. The van der Waals surface area contributed by atoms with Crippen LogP contribution in [0, 0.1) is 23.5 Å². The molecule has 2 nitrogen and oxygen atoms in total. The Kier molecular flexibility index (Phi) is 4.09. The van der Waals surface area contributed by atoms with Crippen LogP contribution in [0.5, 0.6) is 0 Å². The third-order valence-corrected chi connectivity index (χ3v) is 3.57. The van der Waals surface area contributed by atoms with E-state index in [1.54, 1.807) is 0 Å². The first kappa shape index (κ1) is 13.2. The summed E-state index contributed by atoms with van der Waals surface area (Å²) in [6, 6.07) is 0.603. The van der Waals surface area contributed by atoms with Gasteiger partial charge >= 0.3 is 0 Å². The van der Waals surface area contributed by atoms with Crippen molar-refractivity contribution in [3.05, 3.63) is 23.6 Å². The first-order chi connectivity index (χ1) is 8.58. The molecule has 1 saturated carbocycles. The van der Waals surface area contributed by atoms with Crippen molar-refractivity contribution in [3.63, 3.8) is 0 Å². The third-order valence-electron chi connectivity index (χ3n) is 3.57. The molecule has 1 heterocycles. The Morgan fingerprint density at radius 2 is 1.83 bits per heavy atom. The average molecular weight is 258 g/mol. The summed E-state index contributed by atoms with van der Waals surface area (Å²) in [4.78, 5) is 3.30. The van der Waals surface area contributed by atoms with Gasteiger partial charge in [-0.3, -0.25) is 0 Å². The minimum absolute atomic E-state index is 0.0689. The first-order valence-electron chi connectivity index (χ1n) is 6.36. The Hall–Kier alpha value is -1.26. The van der Waals surface area contributed by atoms with E-state index in [1.165, 1.54) is 0 Å². The predicted molar refractivity (Wildman–Crippen MR) is 63.8 cm³/mol. The minimum Gasteiger partial charge on any atom is -0.365 e. The van der Waals surface area contributed by atoms with Gasteiger partial charge in [0.15, 0.2) is 17.5 Å². The molecule has 1 aromatic rings. The molecule has 0 aliphatic heterocycles. The number of hydrogen-bond acceptors (Lipinski definition) is 2. The third kappa shape index (κ3) is 2.94. The predicted octanol–water partition coefficient (Wildman–Crippen LogP) is 3.88. The fourth-order valence-electron chi connectivity index (χ4n) is 2.43. The van der Waals surface area contributed by atoms with Crippen LogP contribution in [-0.4, -0.2) is 11.0 Å². The molecule has 0 radical (unpaired) electrons. The van der Waals surface area contributed by atoms with E-state index in [-0.39, 0.29) is 11.9 Å². The Bertz CT molecular complexity index is 423. The van der Waals surface area contributed by atoms with Crippen LogP contribution in [-0.2, 0) is 0 Å². The highest BCUT2D eigenvalue weighted by Crippen LogP contribution is 2.26. The maximum atomic E-state index is 13.5. The van der Waals surface area contributed by atoms with Crippen molar-refractivity contribution in [1.82, 2.24) is 4.98 Å². The second kappa shape index (κ2) is 5.59. The van der Waals surface area contributed by atoms with E-state index in [1.807, 2.05) is 0 Å². The second-order valence-corrected chi connectivity index (χ2v) is 4.96. The summed E-state index contributed by atoms with van der Waals surface area (Å²) < 4.78 is 39.3. The van der Waals surface area contributed by atoms with Crippen LogP contribution in [0.15, 0.2) is 6.07 Å². The summed E-state index contributed by atoms with van der Waals surface area (Å²) in [6.45, 7) is 2.08. The zero-order valence-electron chi connectivity index (χ0n) is 10.3. The van der Waals surface area contributed by atoms with E-state index in [2.05, 4.69) is 17.2 Å². The van der Waals surface area contributed by atoms with Crippen LogP contribution in [0.25, 0.3) is 0 Å². The number of nitrogens with zero attached hydrogens (tertiary/aromatic N) is 1. The lowest BCUT2D eigenvalue weighted by molar-refractivity contribution is 0.442. The Labute approximate surface area is 105 Å². The van der Waals surface area contributed by atoms with Crippen LogP contribution >= 0.6 is 0 Å². The first-order valence-corrected chi connectivity index (χ1v) is 6.36. The van der Waals surface area contributed by atoms with Gasteiger partial charge in [0.2, 0.25) is 0 Å². The number of aromatic nitrogens is 1. The molecule has 100 valence electrons. The van der Waals surface area contributed by atoms with Gasteiger partial charge in [0, 0.05) is 12.1 Å². The smallest absolute Gasteiger partial charge is 0.251 e. The van der Waals surface area contributed by atoms with Gasteiger partial charge in [0.05, 0.1) is 0 Å². The van der Waals surface area contributed by atoms with E-state index in [0.717, 1.165) is 32.1 Å². The largest absolute Gasteiger partial charge is 0.365 e. The molecule has 1 aliphatic rings. The van der Waals surface area contributed by atoms with E-state index < -0.39 is 17.6 Å². The monoisotopic (exact) mass is 258 g/mol. The molecular weight excluding hydrogens is 241 g/mol. The number of nitrogens with one attached hydrogen (secondary N) is 1. The van der Waals surface area contributed by atoms with Crippen LogP contribution in [0.4, 0.5) is 19.0 Å². The summed E-state index contributed by atoms with van der Waals surface area (Å²) in [5.41, 5.74) is 0. The maximum Gasteiger partial charge on any atom is 0.251 e. The highest BCUT2D eigenvalue weighted by Gasteiger charge is 2.22. The van der Waals surface area contributed by atoms with Gasteiger partial charge in [-0.2, -0.15) is 9.37 Å². The zero-order chi connectivity index (χ0) is 13.1. The highest BCUT2D eigenvalue weighted by atomic mass is 19.2. The molecule has 18 heavy (non-hydrogen) atoms. The summed E-state index contributed by atoms with van der Waals surface area (Å²) in [6.07, 6.45) is 5.35. The number of hydrogen-bond donors (Lipinski definition) is 1. The van der Waals surface area contributed by atoms with Gasteiger partial charge in [-0.25, -0.2) is 8.78 Å². The van der Waals surface area contributed by atoms with E-state index in [4.69, 9.17) is 0 Å². The quantitative estimate of drug-likeness (QED) is 0.643. The molecule has 1 aliphatic carbocycles. The normalized spacial score (nSPS) is 24.7. The highest BCUT2D eigenvalue weighted by molar-refractivity contribution is 5.37. The van der Waals surface area contributed by atoms with Crippen molar-refractivity contribution in [2.24, 2.45) is 5.92 Å². The molecule has 0 saturated heterocycles. The van der Waals surface area contributed by atoms with Gasteiger partial charge in [-0.15, -0.1) is 0 Å². The van der Waals surface area contributed by atoms with Crippen LogP contribution in [0.1, 0.15) is 39.0 Å². The lowest BCUT2D eigenvalue weighted by atomic mass is 9.97. The standard InChI is InChI=1S/C13H17F3N2/c1-8-5-3-2-4-6-11(8)17-13-10(15)7-9(14)12(16)18-13/h7-8,11H,2-6H2,1H3,(H,17,18).